The molecule has 2 aromatic carbocycles. The van der Waals surface area contributed by atoms with E-state index in [1.54, 1.807) is 0 Å². The maximum Gasteiger partial charge on any atom is 0.270 e. The lowest BCUT2D eigenvalue weighted by molar-refractivity contribution is 0.0924. The number of amides is 4. The van der Waals surface area contributed by atoms with Crippen molar-refractivity contribution in [2.45, 2.75) is 26.2 Å². The van der Waals surface area contributed by atoms with Crippen molar-refractivity contribution in [3.05, 3.63) is 129 Å². The third-order valence-corrected chi connectivity index (χ3v) is 6.67. The molecule has 4 N–H and O–H groups in total. The van der Waals surface area contributed by atoms with Crippen LogP contribution >= 0.6 is 0 Å². The van der Waals surface area contributed by atoms with Crippen molar-refractivity contribution in [2.24, 2.45) is 0 Å². The topological polar surface area (TPSA) is 142 Å². The predicted molar refractivity (Wildman–Crippen MR) is 146 cm³/mol. The molecule has 8 bridgehead atoms. The molecule has 0 fully saturated rings. The van der Waals surface area contributed by atoms with Crippen molar-refractivity contribution in [3.8, 4) is 0 Å². The molecule has 6 heterocycles. The zero-order valence-electron chi connectivity index (χ0n) is 22.6. The van der Waals surface area contributed by atoms with Crippen LogP contribution in [-0.2, 0) is 26.2 Å². The number of pyridine rings is 2. The first-order chi connectivity index (χ1) is 21.1. The van der Waals surface area contributed by atoms with Crippen LogP contribution in [0.2, 0.25) is 0 Å². The first kappa shape index (κ1) is 29.8. The number of carbonyl (C=O) groups excluding carboxylic acids is 4. The van der Waals surface area contributed by atoms with Gasteiger partial charge in [0.2, 0.25) is 0 Å². The largest absolute Gasteiger partial charge is 0.347 e. The number of halogens is 4. The van der Waals surface area contributed by atoms with Crippen LogP contribution in [-0.4, -0.2) is 33.6 Å². The van der Waals surface area contributed by atoms with Gasteiger partial charge >= 0.3 is 0 Å². The van der Waals surface area contributed by atoms with Gasteiger partial charge in [-0.05, 0) is 24.3 Å². The predicted octanol–water partition coefficient (Wildman–Crippen LogP) is 3.07. The van der Waals surface area contributed by atoms with E-state index in [0.717, 1.165) is 0 Å². The molecule has 4 aromatic rings. The number of aromatic nitrogens is 2. The lowest BCUT2D eigenvalue weighted by Gasteiger charge is -2.12. The standard InChI is InChI=1S/C30H22F4N6O4/c31-23-15-7-9-17(25(23)33)13-37-29(43)21-5-2-6-22(40-21)30(44)38-14-18-10-8-16(24(32)26(18)34)12-36-28(42)20-4-1-3-19(39-20)27(41)35-11-15/h1-10H,11-14H2,(H,35,41)(H,36,42)(H,37,43)(H,38,44). The van der Waals surface area contributed by atoms with Gasteiger partial charge in [-0.25, -0.2) is 27.5 Å². The van der Waals surface area contributed by atoms with Crippen molar-refractivity contribution < 1.29 is 36.7 Å². The Bertz CT molecular complexity index is 1570. The van der Waals surface area contributed by atoms with Crippen LogP contribution in [0.3, 0.4) is 0 Å². The van der Waals surface area contributed by atoms with Crippen LogP contribution in [0.5, 0.6) is 0 Å². The number of hydrogen-bond acceptors (Lipinski definition) is 6. The highest BCUT2D eigenvalue weighted by molar-refractivity contribution is 5.97. The van der Waals surface area contributed by atoms with Gasteiger partial charge in [0.25, 0.3) is 23.6 Å². The molecule has 2 aromatic heterocycles. The van der Waals surface area contributed by atoms with Crippen molar-refractivity contribution >= 4 is 23.6 Å². The Hall–Kier alpha value is -5.66. The molecule has 4 aliphatic heterocycles. The molecular formula is C30H22F4N6O4. The second kappa shape index (κ2) is 12.7. The number of benzene rings is 2. The fourth-order valence-corrected chi connectivity index (χ4v) is 4.24. The summed E-state index contributed by atoms with van der Waals surface area (Å²) in [5.74, 6) is -8.13. The molecule has 44 heavy (non-hydrogen) atoms. The zero-order valence-corrected chi connectivity index (χ0v) is 22.6. The smallest absolute Gasteiger partial charge is 0.270 e. The van der Waals surface area contributed by atoms with Gasteiger partial charge in [0, 0.05) is 48.4 Å². The Morgan fingerprint density at radius 2 is 0.636 bits per heavy atom. The lowest BCUT2D eigenvalue weighted by atomic mass is 10.1. The van der Waals surface area contributed by atoms with Crippen molar-refractivity contribution in [1.29, 1.82) is 0 Å². The summed E-state index contributed by atoms with van der Waals surface area (Å²) in [6.45, 7) is -1.70. The van der Waals surface area contributed by atoms with E-state index in [-0.39, 0.29) is 45.0 Å². The number of nitrogens with one attached hydrogen (secondary N) is 4. The summed E-state index contributed by atoms with van der Waals surface area (Å²) < 4.78 is 59.2. The minimum absolute atomic E-state index is 0.193. The highest BCUT2D eigenvalue weighted by Gasteiger charge is 2.20. The van der Waals surface area contributed by atoms with Crippen LogP contribution < -0.4 is 21.3 Å². The number of nitrogens with zero attached hydrogens (tertiary/aromatic N) is 2. The van der Waals surface area contributed by atoms with Crippen LogP contribution in [0.25, 0.3) is 0 Å². The summed E-state index contributed by atoms with van der Waals surface area (Å²) in [4.78, 5) is 58.5. The molecule has 14 heteroatoms. The number of carbonyl (C=O) groups is 4. The number of rotatable bonds is 0. The van der Waals surface area contributed by atoms with Crippen molar-refractivity contribution in [1.82, 2.24) is 31.2 Å². The third kappa shape index (κ3) is 6.38. The van der Waals surface area contributed by atoms with Gasteiger partial charge in [-0.15, -0.1) is 0 Å². The molecule has 0 saturated heterocycles. The monoisotopic (exact) mass is 606 g/mol. The molecule has 0 atom stereocenters. The fourth-order valence-electron chi connectivity index (χ4n) is 4.24. The van der Waals surface area contributed by atoms with Crippen molar-refractivity contribution in [3.63, 3.8) is 0 Å². The highest BCUT2D eigenvalue weighted by Crippen LogP contribution is 2.18. The molecule has 0 radical (unpaired) electrons. The minimum Gasteiger partial charge on any atom is -0.347 e. The first-order valence-electron chi connectivity index (χ1n) is 13.1. The van der Waals surface area contributed by atoms with Gasteiger partial charge in [-0.2, -0.15) is 0 Å². The fraction of sp³-hybridized carbons (Fsp3) is 0.133. The van der Waals surface area contributed by atoms with E-state index >= 15 is 0 Å². The minimum atomic E-state index is -1.24. The molecule has 0 spiro atoms. The van der Waals surface area contributed by atoms with E-state index in [4.69, 9.17) is 0 Å². The summed E-state index contributed by atoms with van der Waals surface area (Å²) in [6, 6.07) is 12.8. The summed E-state index contributed by atoms with van der Waals surface area (Å²) in [5, 5.41) is 9.58. The first-order valence-corrected chi connectivity index (χ1v) is 13.1. The SMILES string of the molecule is O=C1NCc2ccc(c(F)c2F)CNC(=O)c2cccc(n2)C(=O)NCc2ccc(c(F)c2F)CNC(=O)c2cccc1n2. The van der Waals surface area contributed by atoms with Crippen LogP contribution in [0.15, 0.2) is 60.7 Å². The van der Waals surface area contributed by atoms with Crippen LogP contribution in [0.1, 0.15) is 64.2 Å². The van der Waals surface area contributed by atoms with E-state index in [2.05, 4.69) is 31.2 Å². The van der Waals surface area contributed by atoms with Crippen molar-refractivity contribution in [2.75, 3.05) is 0 Å². The van der Waals surface area contributed by atoms with E-state index < -0.39 is 73.1 Å². The molecular weight excluding hydrogens is 584 g/mol. The van der Waals surface area contributed by atoms with E-state index in [9.17, 15) is 36.7 Å². The third-order valence-electron chi connectivity index (χ3n) is 6.67. The molecule has 224 valence electrons. The average Bonchev–Trinajstić information content (AvgIpc) is 3.04. The number of hydrogen-bond donors (Lipinski definition) is 4. The molecule has 4 amide bonds. The van der Waals surface area contributed by atoms with Gasteiger partial charge in [-0.3, -0.25) is 19.2 Å². The van der Waals surface area contributed by atoms with Gasteiger partial charge < -0.3 is 21.3 Å². The molecule has 0 unspecified atom stereocenters. The quantitative estimate of drug-likeness (QED) is 0.227. The maximum absolute atomic E-state index is 14.8. The van der Waals surface area contributed by atoms with E-state index in [1.165, 1.54) is 60.7 Å². The maximum atomic E-state index is 14.8. The normalized spacial score (nSPS) is 14.5. The van der Waals surface area contributed by atoms with Gasteiger partial charge in [0.1, 0.15) is 22.8 Å². The van der Waals surface area contributed by atoms with E-state index in [1.807, 2.05) is 0 Å². The molecule has 10 nitrogen and oxygen atoms in total. The van der Waals surface area contributed by atoms with Gasteiger partial charge in [-0.1, -0.05) is 36.4 Å². The Labute approximate surface area is 246 Å². The summed E-state index contributed by atoms with van der Waals surface area (Å²) in [7, 11) is 0. The van der Waals surface area contributed by atoms with Crippen LogP contribution in [0.4, 0.5) is 17.6 Å². The lowest BCUT2D eigenvalue weighted by Crippen LogP contribution is -2.29. The zero-order chi connectivity index (χ0) is 31.4. The summed E-state index contributed by atoms with van der Waals surface area (Å²) >= 11 is 0. The Balaban J connectivity index is 1.45. The van der Waals surface area contributed by atoms with E-state index in [0.29, 0.717) is 0 Å². The molecule has 0 saturated carbocycles. The molecule has 4 aliphatic rings. The Morgan fingerprint density at radius 1 is 0.409 bits per heavy atom. The molecule has 8 rings (SSSR count). The second-order valence-corrected chi connectivity index (χ2v) is 9.57. The Kier molecular flexibility index (Phi) is 8.60. The summed E-state index contributed by atoms with van der Waals surface area (Å²) in [6.07, 6.45) is 0. The Morgan fingerprint density at radius 3 is 0.864 bits per heavy atom. The van der Waals surface area contributed by atoms with Crippen LogP contribution in [0, 0.1) is 23.3 Å². The van der Waals surface area contributed by atoms with Gasteiger partial charge in [0.15, 0.2) is 23.3 Å². The van der Waals surface area contributed by atoms with Gasteiger partial charge in [0.05, 0.1) is 0 Å². The average molecular weight is 607 g/mol. The second-order valence-electron chi connectivity index (χ2n) is 9.57. The highest BCUT2D eigenvalue weighted by atomic mass is 19.2. The summed E-state index contributed by atoms with van der Waals surface area (Å²) in [5.41, 5.74) is -1.60. The molecule has 0 aliphatic carbocycles.